The van der Waals surface area contributed by atoms with Crippen molar-refractivity contribution in [3.63, 3.8) is 0 Å². The standard InChI is InChI=1S/C9H10F4N2/c10-8(11)9(12,13)7-5-3-1-2-4-6(5)14-15-7/h8H,1-4H2,(H,14,15). The van der Waals surface area contributed by atoms with Gasteiger partial charge < -0.3 is 0 Å². The van der Waals surface area contributed by atoms with Gasteiger partial charge in [0, 0.05) is 11.3 Å². The molecule has 1 aromatic heterocycles. The fourth-order valence-electron chi connectivity index (χ4n) is 1.86. The minimum atomic E-state index is -4.14. The Labute approximate surface area is 83.7 Å². The molecule has 0 amide bonds. The van der Waals surface area contributed by atoms with Gasteiger partial charge in [-0.1, -0.05) is 0 Å². The second-order valence-electron chi connectivity index (χ2n) is 3.66. The summed E-state index contributed by atoms with van der Waals surface area (Å²) in [7, 11) is 0. The predicted molar refractivity (Wildman–Crippen MR) is 45.1 cm³/mol. The summed E-state index contributed by atoms with van der Waals surface area (Å²) in [6, 6.07) is 0. The zero-order valence-electron chi connectivity index (χ0n) is 7.86. The van der Waals surface area contributed by atoms with E-state index in [1.54, 1.807) is 0 Å². The van der Waals surface area contributed by atoms with Gasteiger partial charge in [0.2, 0.25) is 0 Å². The number of aromatic nitrogens is 2. The minimum absolute atomic E-state index is 0.284. The second kappa shape index (κ2) is 3.50. The van der Waals surface area contributed by atoms with Gasteiger partial charge in [0.1, 0.15) is 5.69 Å². The zero-order valence-corrected chi connectivity index (χ0v) is 7.86. The molecule has 0 unspecified atom stereocenters. The van der Waals surface area contributed by atoms with Crippen molar-refractivity contribution in [3.8, 4) is 0 Å². The molecular weight excluding hydrogens is 212 g/mol. The lowest BCUT2D eigenvalue weighted by Gasteiger charge is -2.16. The number of halogens is 4. The SMILES string of the molecule is FC(F)C(F)(F)c1n[nH]c2c1CCCC2. The first-order valence-electron chi connectivity index (χ1n) is 4.76. The number of rotatable bonds is 2. The molecule has 0 spiro atoms. The summed E-state index contributed by atoms with van der Waals surface area (Å²) >= 11 is 0. The van der Waals surface area contributed by atoms with E-state index in [-0.39, 0.29) is 5.56 Å². The van der Waals surface area contributed by atoms with E-state index in [1.807, 2.05) is 0 Å². The Balaban J connectivity index is 2.40. The van der Waals surface area contributed by atoms with E-state index in [9.17, 15) is 17.6 Å². The maximum atomic E-state index is 13.1. The smallest absolute Gasteiger partial charge is 0.282 e. The minimum Gasteiger partial charge on any atom is -0.282 e. The van der Waals surface area contributed by atoms with Crippen molar-refractivity contribution < 1.29 is 17.6 Å². The molecule has 6 heteroatoms. The molecule has 2 nitrogen and oxygen atoms in total. The topological polar surface area (TPSA) is 28.7 Å². The average Bonchev–Trinajstić information content (AvgIpc) is 2.61. The molecule has 2 rings (SSSR count). The lowest BCUT2D eigenvalue weighted by atomic mass is 9.94. The van der Waals surface area contributed by atoms with Crippen LogP contribution in [0.4, 0.5) is 17.6 Å². The largest absolute Gasteiger partial charge is 0.351 e. The molecule has 0 aliphatic heterocycles. The van der Waals surface area contributed by atoms with Crippen LogP contribution in [0.2, 0.25) is 0 Å². The molecule has 0 saturated heterocycles. The van der Waals surface area contributed by atoms with Crippen LogP contribution >= 0.6 is 0 Å². The van der Waals surface area contributed by atoms with Crippen molar-refractivity contribution in [1.29, 1.82) is 0 Å². The highest BCUT2D eigenvalue weighted by Crippen LogP contribution is 2.37. The summed E-state index contributed by atoms with van der Waals surface area (Å²) in [4.78, 5) is 0. The van der Waals surface area contributed by atoms with E-state index in [0.717, 1.165) is 12.8 Å². The normalized spacial score (nSPS) is 16.9. The Kier molecular flexibility index (Phi) is 2.44. The molecule has 1 N–H and O–H groups in total. The van der Waals surface area contributed by atoms with Crippen LogP contribution in [-0.2, 0) is 18.8 Å². The molecule has 0 saturated carbocycles. The number of alkyl halides is 4. The molecule has 1 aliphatic rings. The van der Waals surface area contributed by atoms with Gasteiger partial charge in [-0.25, -0.2) is 8.78 Å². The van der Waals surface area contributed by atoms with Crippen LogP contribution in [0.3, 0.4) is 0 Å². The van der Waals surface area contributed by atoms with Gasteiger partial charge in [0.25, 0.3) is 0 Å². The van der Waals surface area contributed by atoms with Crippen molar-refractivity contribution in [2.45, 2.75) is 38.0 Å². The van der Waals surface area contributed by atoms with Crippen LogP contribution in [0, 0.1) is 0 Å². The molecule has 1 aromatic rings. The Hall–Kier alpha value is -1.07. The van der Waals surface area contributed by atoms with Crippen LogP contribution < -0.4 is 0 Å². The molecule has 84 valence electrons. The van der Waals surface area contributed by atoms with E-state index in [2.05, 4.69) is 10.2 Å². The van der Waals surface area contributed by atoms with Crippen molar-refractivity contribution >= 4 is 0 Å². The van der Waals surface area contributed by atoms with E-state index in [1.165, 1.54) is 0 Å². The Morgan fingerprint density at radius 3 is 2.53 bits per heavy atom. The third-order valence-corrected chi connectivity index (χ3v) is 2.65. The van der Waals surface area contributed by atoms with Gasteiger partial charge in [-0.15, -0.1) is 0 Å². The van der Waals surface area contributed by atoms with Gasteiger partial charge in [0.15, 0.2) is 0 Å². The highest BCUT2D eigenvalue weighted by molar-refractivity contribution is 5.30. The van der Waals surface area contributed by atoms with Crippen LogP contribution in [0.25, 0.3) is 0 Å². The van der Waals surface area contributed by atoms with Crippen LogP contribution in [-0.4, -0.2) is 16.6 Å². The summed E-state index contributed by atoms with van der Waals surface area (Å²) in [6.07, 6.45) is -1.05. The molecule has 0 atom stereocenters. The van der Waals surface area contributed by atoms with Gasteiger partial charge >= 0.3 is 12.3 Å². The van der Waals surface area contributed by atoms with Crippen LogP contribution in [0.5, 0.6) is 0 Å². The molecule has 0 fully saturated rings. The maximum absolute atomic E-state index is 13.1. The van der Waals surface area contributed by atoms with Gasteiger partial charge in [-0.3, -0.25) is 5.10 Å². The molecule has 1 heterocycles. The monoisotopic (exact) mass is 222 g/mol. The number of nitrogens with one attached hydrogen (secondary N) is 1. The third-order valence-electron chi connectivity index (χ3n) is 2.65. The van der Waals surface area contributed by atoms with E-state index in [4.69, 9.17) is 0 Å². The van der Waals surface area contributed by atoms with Gasteiger partial charge in [-0.05, 0) is 25.7 Å². The molecule has 0 bridgehead atoms. The fourth-order valence-corrected chi connectivity index (χ4v) is 1.86. The average molecular weight is 222 g/mol. The van der Waals surface area contributed by atoms with Crippen molar-refractivity contribution in [1.82, 2.24) is 10.2 Å². The molecular formula is C9H10F4N2. The fraction of sp³-hybridized carbons (Fsp3) is 0.667. The van der Waals surface area contributed by atoms with Gasteiger partial charge in [-0.2, -0.15) is 13.9 Å². The van der Waals surface area contributed by atoms with Crippen molar-refractivity contribution in [3.05, 3.63) is 17.0 Å². The second-order valence-corrected chi connectivity index (χ2v) is 3.66. The summed E-state index contributed by atoms with van der Waals surface area (Å²) < 4.78 is 50.4. The highest BCUT2D eigenvalue weighted by atomic mass is 19.3. The highest BCUT2D eigenvalue weighted by Gasteiger charge is 2.47. The molecule has 15 heavy (non-hydrogen) atoms. The zero-order chi connectivity index (χ0) is 11.1. The van der Waals surface area contributed by atoms with Crippen molar-refractivity contribution in [2.75, 3.05) is 0 Å². The molecule has 1 aliphatic carbocycles. The maximum Gasteiger partial charge on any atom is 0.351 e. The predicted octanol–water partition coefficient (Wildman–Crippen LogP) is 2.65. The van der Waals surface area contributed by atoms with Crippen molar-refractivity contribution in [2.24, 2.45) is 0 Å². The third kappa shape index (κ3) is 1.61. The first-order chi connectivity index (χ1) is 7.03. The molecule has 0 radical (unpaired) electrons. The van der Waals surface area contributed by atoms with Gasteiger partial charge in [0.05, 0.1) is 0 Å². The lowest BCUT2D eigenvalue weighted by molar-refractivity contribution is -0.138. The summed E-state index contributed by atoms with van der Waals surface area (Å²) in [6.45, 7) is 0. The number of aromatic amines is 1. The first-order valence-corrected chi connectivity index (χ1v) is 4.76. The number of hydrogen-bond donors (Lipinski definition) is 1. The summed E-state index contributed by atoms with van der Waals surface area (Å²) in [5.74, 6) is -4.14. The number of nitrogens with zero attached hydrogens (tertiary/aromatic N) is 1. The number of aryl methyl sites for hydroxylation is 1. The van der Waals surface area contributed by atoms with Crippen LogP contribution in [0.1, 0.15) is 29.8 Å². The number of hydrogen-bond acceptors (Lipinski definition) is 1. The summed E-state index contributed by atoms with van der Waals surface area (Å²) in [5.41, 5.74) is 0.0929. The van der Waals surface area contributed by atoms with E-state index in [0.29, 0.717) is 18.5 Å². The quantitative estimate of drug-likeness (QED) is 0.765. The Bertz CT molecular complexity index is 359. The Morgan fingerprint density at radius 1 is 1.20 bits per heavy atom. The van der Waals surface area contributed by atoms with Crippen LogP contribution in [0.15, 0.2) is 0 Å². The van der Waals surface area contributed by atoms with E-state index < -0.39 is 18.0 Å². The number of fused-ring (bicyclic) bond motifs is 1. The van der Waals surface area contributed by atoms with E-state index >= 15 is 0 Å². The Morgan fingerprint density at radius 2 is 1.87 bits per heavy atom. The first kappa shape index (κ1) is 10.4. The lowest BCUT2D eigenvalue weighted by Crippen LogP contribution is -2.26. The molecule has 0 aromatic carbocycles. The summed E-state index contributed by atoms with van der Waals surface area (Å²) in [5, 5.41) is 5.76. The number of H-pyrrole nitrogens is 1.